The Morgan fingerprint density at radius 2 is 2.00 bits per heavy atom. The molecule has 4 atom stereocenters. The summed E-state index contributed by atoms with van der Waals surface area (Å²) in [6, 6.07) is 6.71. The van der Waals surface area contributed by atoms with Crippen LogP contribution in [0.15, 0.2) is 35.3 Å². The minimum absolute atomic E-state index is 0.323. The van der Waals surface area contributed by atoms with E-state index in [1.165, 1.54) is 6.92 Å². The minimum Gasteiger partial charge on any atom is -0.388 e. The van der Waals surface area contributed by atoms with Crippen LogP contribution in [0.5, 0.6) is 0 Å². The number of benzene rings is 1. The predicted octanol–water partition coefficient (Wildman–Crippen LogP) is 0.582. The van der Waals surface area contributed by atoms with Gasteiger partial charge in [-0.2, -0.15) is 4.98 Å². The average molecular weight is 363 g/mol. The molecule has 0 radical (unpaired) electrons. The fourth-order valence-corrected chi connectivity index (χ4v) is 2.78. The molecule has 8 nitrogen and oxygen atoms in total. The third kappa shape index (κ3) is 3.24. The fourth-order valence-electron chi connectivity index (χ4n) is 2.78. The maximum absolute atomic E-state index is 14.3. The van der Waals surface area contributed by atoms with E-state index in [0.717, 1.165) is 10.8 Å². The second kappa shape index (κ2) is 6.94. The van der Waals surface area contributed by atoms with E-state index in [4.69, 9.17) is 4.74 Å². The molecule has 0 unspecified atom stereocenters. The molecule has 1 aliphatic heterocycles. The first-order valence-corrected chi connectivity index (χ1v) is 7.97. The first-order valence-electron chi connectivity index (χ1n) is 7.97. The molecule has 138 valence electrons. The molecule has 1 saturated heterocycles. The second-order valence-corrected chi connectivity index (χ2v) is 6.11. The number of aryl methyl sites for hydroxylation is 1. The van der Waals surface area contributed by atoms with Gasteiger partial charge in [-0.1, -0.05) is 18.2 Å². The van der Waals surface area contributed by atoms with Gasteiger partial charge in [-0.25, -0.2) is 9.18 Å². The number of carbonyl (C=O) groups is 1. The van der Waals surface area contributed by atoms with Crippen molar-refractivity contribution < 1.29 is 24.1 Å². The summed E-state index contributed by atoms with van der Waals surface area (Å²) < 4.78 is 20.4. The minimum atomic E-state index is -1.41. The van der Waals surface area contributed by atoms with Crippen LogP contribution in [0.3, 0.4) is 0 Å². The summed E-state index contributed by atoms with van der Waals surface area (Å²) in [6.45, 7) is 3.24. The zero-order valence-electron chi connectivity index (χ0n) is 14.1. The number of aromatic nitrogens is 2. The summed E-state index contributed by atoms with van der Waals surface area (Å²) in [4.78, 5) is 28.0. The van der Waals surface area contributed by atoms with Gasteiger partial charge in [0, 0.05) is 5.56 Å². The van der Waals surface area contributed by atoms with Crippen molar-refractivity contribution in [2.45, 2.75) is 38.4 Å². The zero-order chi connectivity index (χ0) is 19.0. The van der Waals surface area contributed by atoms with Crippen LogP contribution < -0.4 is 11.0 Å². The fraction of sp³-hybridized carbons (Fsp3) is 0.353. The van der Waals surface area contributed by atoms with Crippen molar-refractivity contribution in [1.82, 2.24) is 9.55 Å². The van der Waals surface area contributed by atoms with Crippen molar-refractivity contribution >= 4 is 11.7 Å². The highest BCUT2D eigenvalue weighted by Crippen LogP contribution is 2.28. The number of hydrogen-bond acceptors (Lipinski definition) is 6. The van der Waals surface area contributed by atoms with E-state index in [1.807, 2.05) is 0 Å². The van der Waals surface area contributed by atoms with Crippen molar-refractivity contribution in [1.29, 1.82) is 0 Å². The molecule has 9 heteroatoms. The molecule has 0 aliphatic carbocycles. The van der Waals surface area contributed by atoms with Gasteiger partial charge in [-0.3, -0.25) is 9.36 Å². The summed E-state index contributed by atoms with van der Waals surface area (Å²) in [5.41, 5.74) is 0.0745. The van der Waals surface area contributed by atoms with Crippen molar-refractivity contribution in [2.24, 2.45) is 0 Å². The highest BCUT2D eigenvalue weighted by atomic mass is 19.1. The van der Waals surface area contributed by atoms with E-state index in [1.54, 1.807) is 31.2 Å². The van der Waals surface area contributed by atoms with Crippen LogP contribution in [0.4, 0.5) is 10.2 Å². The molecular weight excluding hydrogens is 345 g/mol. The Bertz CT molecular complexity index is 900. The maximum Gasteiger partial charge on any atom is 0.351 e. The van der Waals surface area contributed by atoms with E-state index < -0.39 is 47.8 Å². The van der Waals surface area contributed by atoms with E-state index in [0.29, 0.717) is 11.1 Å². The quantitative estimate of drug-likeness (QED) is 0.735. The lowest BCUT2D eigenvalue weighted by Crippen LogP contribution is -2.36. The lowest BCUT2D eigenvalue weighted by Gasteiger charge is -2.17. The van der Waals surface area contributed by atoms with Crippen LogP contribution in [0.25, 0.3) is 0 Å². The van der Waals surface area contributed by atoms with Gasteiger partial charge in [-0.15, -0.1) is 0 Å². The van der Waals surface area contributed by atoms with Crippen LogP contribution in [0, 0.1) is 12.7 Å². The number of amides is 1. The Balaban J connectivity index is 1.88. The first-order chi connectivity index (χ1) is 12.3. The van der Waals surface area contributed by atoms with E-state index in [9.17, 15) is 24.2 Å². The summed E-state index contributed by atoms with van der Waals surface area (Å²) >= 11 is 0. The summed E-state index contributed by atoms with van der Waals surface area (Å²) in [5.74, 6) is -2.11. The zero-order valence-corrected chi connectivity index (χ0v) is 14.1. The molecule has 1 amide bonds. The third-order valence-electron chi connectivity index (χ3n) is 4.28. The lowest BCUT2D eigenvalue weighted by molar-refractivity contribution is -0.0355. The Morgan fingerprint density at radius 3 is 2.62 bits per heavy atom. The van der Waals surface area contributed by atoms with Crippen molar-refractivity contribution in [3.05, 3.63) is 57.9 Å². The Hall–Kier alpha value is -2.62. The number of hydrogen-bond donors (Lipinski definition) is 3. The number of anilines is 1. The number of nitrogens with one attached hydrogen (secondary N) is 1. The van der Waals surface area contributed by atoms with Gasteiger partial charge in [0.15, 0.2) is 17.9 Å². The molecule has 2 heterocycles. The number of rotatable bonds is 3. The van der Waals surface area contributed by atoms with Gasteiger partial charge in [-0.05, 0) is 25.5 Å². The third-order valence-corrected chi connectivity index (χ3v) is 4.28. The molecule has 1 aliphatic rings. The van der Waals surface area contributed by atoms with Gasteiger partial charge < -0.3 is 20.3 Å². The van der Waals surface area contributed by atoms with Gasteiger partial charge in [0.25, 0.3) is 5.91 Å². The Kier molecular flexibility index (Phi) is 4.86. The smallest absolute Gasteiger partial charge is 0.351 e. The number of aliphatic hydroxyl groups is 2. The van der Waals surface area contributed by atoms with Crippen LogP contribution in [0.2, 0.25) is 0 Å². The summed E-state index contributed by atoms with van der Waals surface area (Å²) in [5, 5.41) is 21.9. The number of nitrogens with zero attached hydrogens (tertiary/aromatic N) is 2. The molecular formula is C17H18FN3O5. The predicted molar refractivity (Wildman–Crippen MR) is 89.2 cm³/mol. The molecule has 1 fully saturated rings. The first kappa shape index (κ1) is 18.2. The number of aliphatic hydroxyl groups excluding tert-OH is 2. The summed E-state index contributed by atoms with van der Waals surface area (Å²) in [7, 11) is 0. The highest BCUT2D eigenvalue weighted by molar-refractivity contribution is 6.04. The Labute approximate surface area is 147 Å². The van der Waals surface area contributed by atoms with Crippen molar-refractivity contribution in [3.63, 3.8) is 0 Å². The lowest BCUT2D eigenvalue weighted by atomic mass is 10.1. The molecule has 0 spiro atoms. The van der Waals surface area contributed by atoms with Crippen LogP contribution in [-0.4, -0.2) is 44.0 Å². The molecule has 3 N–H and O–H groups in total. The van der Waals surface area contributed by atoms with E-state index in [-0.39, 0.29) is 0 Å². The van der Waals surface area contributed by atoms with Crippen LogP contribution >= 0.6 is 0 Å². The SMILES string of the molecule is Cc1ccccc1C(=O)Nc1nc(=O)n([C@@H]2O[C@H](C)[C@@H](O)[C@H]2O)cc1F. The molecule has 2 aromatic rings. The van der Waals surface area contributed by atoms with Gasteiger partial charge in [0.1, 0.15) is 12.2 Å². The van der Waals surface area contributed by atoms with Gasteiger partial charge in [0.05, 0.1) is 12.3 Å². The number of ether oxygens (including phenoxy) is 1. The molecule has 0 bridgehead atoms. The molecule has 1 aromatic heterocycles. The molecule has 26 heavy (non-hydrogen) atoms. The second-order valence-electron chi connectivity index (χ2n) is 6.11. The molecule has 0 saturated carbocycles. The Morgan fingerprint density at radius 1 is 1.31 bits per heavy atom. The molecule has 1 aromatic carbocycles. The number of carbonyl (C=O) groups excluding carboxylic acids is 1. The van der Waals surface area contributed by atoms with Crippen molar-refractivity contribution in [3.8, 4) is 0 Å². The van der Waals surface area contributed by atoms with Crippen molar-refractivity contribution in [2.75, 3.05) is 5.32 Å². The van der Waals surface area contributed by atoms with Gasteiger partial charge >= 0.3 is 5.69 Å². The van der Waals surface area contributed by atoms with Crippen LogP contribution in [0.1, 0.15) is 29.1 Å². The number of halogens is 1. The highest BCUT2D eigenvalue weighted by Gasteiger charge is 2.42. The standard InChI is InChI=1S/C17H18FN3O5/c1-8-5-3-4-6-10(8)15(24)19-14-11(18)7-21(17(25)20-14)16-13(23)12(22)9(2)26-16/h3-7,9,12-13,16,22-23H,1-2H3,(H,19,20,24,25)/t9-,12-,13-,16-/m1/s1. The van der Waals surface area contributed by atoms with E-state index >= 15 is 0 Å². The van der Waals surface area contributed by atoms with Crippen LogP contribution in [-0.2, 0) is 4.74 Å². The van der Waals surface area contributed by atoms with Gasteiger partial charge in [0.2, 0.25) is 0 Å². The maximum atomic E-state index is 14.3. The molecule has 3 rings (SSSR count). The topological polar surface area (TPSA) is 114 Å². The van der Waals surface area contributed by atoms with E-state index in [2.05, 4.69) is 10.3 Å². The monoisotopic (exact) mass is 363 g/mol. The largest absolute Gasteiger partial charge is 0.388 e. The normalized spacial score (nSPS) is 25.3. The summed E-state index contributed by atoms with van der Waals surface area (Å²) in [6.07, 6.45) is -3.84. The average Bonchev–Trinajstić information content (AvgIpc) is 2.85.